The predicted molar refractivity (Wildman–Crippen MR) is 74.1 cm³/mol. The summed E-state index contributed by atoms with van der Waals surface area (Å²) in [5, 5.41) is 7.96. The van der Waals surface area contributed by atoms with Crippen LogP contribution in [0, 0.1) is 11.3 Å². The molecule has 0 heterocycles. The van der Waals surface area contributed by atoms with E-state index in [1.165, 1.54) is 25.7 Å². The molecule has 0 unspecified atom stereocenters. The molecule has 0 saturated heterocycles. The highest BCUT2D eigenvalue weighted by Gasteiger charge is 2.15. The number of benzene rings is 1. The summed E-state index contributed by atoms with van der Waals surface area (Å²) in [5.41, 5.74) is 7.02. The summed E-state index contributed by atoms with van der Waals surface area (Å²) in [6, 6.07) is 5.41. The van der Waals surface area contributed by atoms with E-state index in [0.717, 1.165) is 18.1 Å². The van der Waals surface area contributed by atoms with Crippen LogP contribution in [0.25, 0.3) is 0 Å². The molecule has 0 amide bonds. The maximum absolute atomic E-state index is 7.34. The van der Waals surface area contributed by atoms with Gasteiger partial charge in [-0.15, -0.1) is 0 Å². The van der Waals surface area contributed by atoms with Crippen molar-refractivity contribution in [3.05, 3.63) is 34.3 Å². The average molecular weight is 267 g/mol. The first-order chi connectivity index (χ1) is 8.66. The minimum absolute atomic E-state index is 0.0373. The molecule has 1 aromatic carbocycles. The summed E-state index contributed by atoms with van der Waals surface area (Å²) in [5.74, 6) is 0.760. The smallest absolute Gasteiger partial charge is 0.122 e. The van der Waals surface area contributed by atoms with Crippen molar-refractivity contribution in [2.24, 2.45) is 11.7 Å². The van der Waals surface area contributed by atoms with Gasteiger partial charge < -0.3 is 10.5 Å². The van der Waals surface area contributed by atoms with Gasteiger partial charge in [-0.3, -0.25) is 5.41 Å². The number of nitrogens with one attached hydrogen (secondary N) is 1. The van der Waals surface area contributed by atoms with E-state index >= 15 is 0 Å². The molecule has 0 radical (unpaired) electrons. The lowest BCUT2D eigenvalue weighted by atomic mass is 10.1. The number of nitrogens with two attached hydrogens (primary N) is 1. The van der Waals surface area contributed by atoms with Crippen molar-refractivity contribution in [2.45, 2.75) is 32.3 Å². The number of amidine groups is 1. The monoisotopic (exact) mass is 266 g/mol. The first-order valence-electron chi connectivity index (χ1n) is 6.37. The first-order valence-corrected chi connectivity index (χ1v) is 6.75. The Labute approximate surface area is 113 Å². The van der Waals surface area contributed by atoms with Crippen molar-refractivity contribution >= 4 is 17.4 Å². The summed E-state index contributed by atoms with van der Waals surface area (Å²) < 4.78 is 5.72. The van der Waals surface area contributed by atoms with Crippen molar-refractivity contribution in [1.29, 1.82) is 5.41 Å². The largest absolute Gasteiger partial charge is 0.384 e. The predicted octanol–water partition coefficient (Wildman–Crippen LogP) is 3.33. The zero-order valence-corrected chi connectivity index (χ0v) is 11.2. The van der Waals surface area contributed by atoms with Gasteiger partial charge in [0.15, 0.2) is 0 Å². The Hall–Kier alpha value is -1.06. The lowest BCUT2D eigenvalue weighted by Crippen LogP contribution is -2.11. The number of halogens is 1. The molecule has 98 valence electrons. The van der Waals surface area contributed by atoms with Crippen LogP contribution in [0.5, 0.6) is 0 Å². The van der Waals surface area contributed by atoms with E-state index in [1.54, 1.807) is 6.07 Å². The molecule has 0 spiro atoms. The Morgan fingerprint density at radius 1 is 1.39 bits per heavy atom. The highest BCUT2D eigenvalue weighted by Crippen LogP contribution is 2.25. The molecular formula is C14H19ClN2O. The van der Waals surface area contributed by atoms with Gasteiger partial charge in [0.1, 0.15) is 5.84 Å². The molecule has 0 aliphatic heterocycles. The number of ether oxygens (including phenoxy) is 1. The van der Waals surface area contributed by atoms with E-state index in [0.29, 0.717) is 17.2 Å². The molecular weight excluding hydrogens is 248 g/mol. The number of hydrogen-bond donors (Lipinski definition) is 2. The second-order valence-corrected chi connectivity index (χ2v) is 5.29. The molecule has 0 bridgehead atoms. The molecule has 0 aromatic heterocycles. The van der Waals surface area contributed by atoms with Gasteiger partial charge in [-0.25, -0.2) is 0 Å². The van der Waals surface area contributed by atoms with E-state index in [1.807, 2.05) is 12.1 Å². The Morgan fingerprint density at radius 2 is 2.11 bits per heavy atom. The molecule has 2 rings (SSSR count). The summed E-state index contributed by atoms with van der Waals surface area (Å²) in [4.78, 5) is 0. The van der Waals surface area contributed by atoms with Gasteiger partial charge in [-0.2, -0.15) is 0 Å². The summed E-state index contributed by atoms with van der Waals surface area (Å²) in [7, 11) is 0. The first kappa shape index (κ1) is 13.4. The maximum atomic E-state index is 7.34. The van der Waals surface area contributed by atoms with Crippen LogP contribution in [0.1, 0.15) is 36.8 Å². The zero-order valence-electron chi connectivity index (χ0n) is 10.4. The molecule has 0 atom stereocenters. The van der Waals surface area contributed by atoms with Crippen LogP contribution >= 0.6 is 11.6 Å². The number of nitrogen functional groups attached to an aromatic ring is 1. The van der Waals surface area contributed by atoms with Gasteiger partial charge in [-0.1, -0.05) is 36.6 Å². The third kappa shape index (κ3) is 3.47. The molecule has 18 heavy (non-hydrogen) atoms. The fourth-order valence-corrected chi connectivity index (χ4v) is 2.58. The van der Waals surface area contributed by atoms with E-state index in [-0.39, 0.29) is 5.84 Å². The molecule has 1 aliphatic rings. The van der Waals surface area contributed by atoms with Crippen LogP contribution in [0.2, 0.25) is 5.02 Å². The lowest BCUT2D eigenvalue weighted by Gasteiger charge is -2.11. The molecule has 1 aliphatic carbocycles. The Kier molecular flexibility index (Phi) is 4.61. The molecule has 1 fully saturated rings. The van der Waals surface area contributed by atoms with Gasteiger partial charge in [0.05, 0.1) is 6.61 Å². The standard InChI is InChI=1S/C14H19ClN2O/c15-13-7-11(14(16)17)5-6-12(13)9-18-8-10-3-1-2-4-10/h5-7,10H,1-4,8-9H2,(H3,16,17). The quantitative estimate of drug-likeness (QED) is 0.634. The fourth-order valence-electron chi connectivity index (χ4n) is 2.34. The van der Waals surface area contributed by atoms with E-state index in [9.17, 15) is 0 Å². The normalized spacial score (nSPS) is 16.1. The fraction of sp³-hybridized carbons (Fsp3) is 0.500. The Morgan fingerprint density at radius 3 is 2.72 bits per heavy atom. The molecule has 1 aromatic rings. The average Bonchev–Trinajstić information content (AvgIpc) is 2.84. The van der Waals surface area contributed by atoms with Crippen LogP contribution in [0.15, 0.2) is 18.2 Å². The third-order valence-electron chi connectivity index (χ3n) is 3.45. The molecule has 3 nitrogen and oxygen atoms in total. The SMILES string of the molecule is N=C(N)c1ccc(COCC2CCCC2)c(Cl)c1. The van der Waals surface area contributed by atoms with E-state index < -0.39 is 0 Å². The van der Waals surface area contributed by atoms with Crippen LogP contribution in [-0.4, -0.2) is 12.4 Å². The third-order valence-corrected chi connectivity index (χ3v) is 3.80. The molecule has 4 heteroatoms. The van der Waals surface area contributed by atoms with Crippen molar-refractivity contribution < 1.29 is 4.74 Å². The minimum atomic E-state index is 0.0373. The molecule has 1 saturated carbocycles. The lowest BCUT2D eigenvalue weighted by molar-refractivity contribution is 0.0889. The summed E-state index contributed by atoms with van der Waals surface area (Å²) >= 11 is 6.14. The van der Waals surface area contributed by atoms with Gasteiger partial charge in [0.2, 0.25) is 0 Å². The second kappa shape index (κ2) is 6.21. The minimum Gasteiger partial charge on any atom is -0.384 e. The van der Waals surface area contributed by atoms with Crippen LogP contribution < -0.4 is 5.73 Å². The van der Waals surface area contributed by atoms with E-state index in [4.69, 9.17) is 27.5 Å². The van der Waals surface area contributed by atoms with Crippen LogP contribution in [0.4, 0.5) is 0 Å². The van der Waals surface area contributed by atoms with E-state index in [2.05, 4.69) is 0 Å². The summed E-state index contributed by atoms with van der Waals surface area (Å²) in [6.07, 6.45) is 5.25. The van der Waals surface area contributed by atoms with Gasteiger partial charge in [0.25, 0.3) is 0 Å². The van der Waals surface area contributed by atoms with Gasteiger partial charge in [-0.05, 0) is 30.4 Å². The Balaban J connectivity index is 1.87. The molecule has 3 N–H and O–H groups in total. The van der Waals surface area contributed by atoms with Crippen LogP contribution in [-0.2, 0) is 11.3 Å². The number of hydrogen-bond acceptors (Lipinski definition) is 2. The van der Waals surface area contributed by atoms with Crippen molar-refractivity contribution in [1.82, 2.24) is 0 Å². The van der Waals surface area contributed by atoms with Crippen molar-refractivity contribution in [3.63, 3.8) is 0 Å². The number of rotatable bonds is 5. The topological polar surface area (TPSA) is 59.1 Å². The van der Waals surface area contributed by atoms with Gasteiger partial charge >= 0.3 is 0 Å². The zero-order chi connectivity index (χ0) is 13.0. The van der Waals surface area contributed by atoms with Crippen LogP contribution in [0.3, 0.4) is 0 Å². The van der Waals surface area contributed by atoms with Crippen molar-refractivity contribution in [3.8, 4) is 0 Å². The Bertz CT molecular complexity index is 428. The second-order valence-electron chi connectivity index (χ2n) is 4.89. The highest BCUT2D eigenvalue weighted by molar-refractivity contribution is 6.31. The summed E-state index contributed by atoms with van der Waals surface area (Å²) in [6.45, 7) is 1.36. The highest BCUT2D eigenvalue weighted by atomic mass is 35.5. The van der Waals surface area contributed by atoms with Crippen molar-refractivity contribution in [2.75, 3.05) is 6.61 Å². The van der Waals surface area contributed by atoms with Gasteiger partial charge in [0, 0.05) is 17.2 Å². The maximum Gasteiger partial charge on any atom is 0.122 e.